The number of furan rings is 1. The maximum absolute atomic E-state index is 12.3. The first kappa shape index (κ1) is 10.8. The summed E-state index contributed by atoms with van der Waals surface area (Å²) in [5.74, 6) is 0.133. The molecule has 90 valence electrons. The molecule has 0 N–H and O–H groups in total. The summed E-state index contributed by atoms with van der Waals surface area (Å²) in [6.45, 7) is 0.633. The fourth-order valence-corrected chi connectivity index (χ4v) is 2.37. The van der Waals surface area contributed by atoms with E-state index in [1.54, 1.807) is 11.0 Å². The minimum atomic E-state index is -0.314. The quantitative estimate of drug-likeness (QED) is 0.769. The Morgan fingerprint density at radius 2 is 2.28 bits per heavy atom. The van der Waals surface area contributed by atoms with E-state index in [9.17, 15) is 4.79 Å². The molecule has 1 amide bonds. The predicted molar refractivity (Wildman–Crippen MR) is 65.9 cm³/mol. The molecule has 4 nitrogen and oxygen atoms in total. The normalized spacial score (nSPS) is 19.1. The Morgan fingerprint density at radius 1 is 1.44 bits per heavy atom. The molecule has 1 aliphatic heterocycles. The highest BCUT2D eigenvalue weighted by atomic mass is 16.3. The lowest BCUT2D eigenvalue weighted by atomic mass is 10.2. The third-order valence-electron chi connectivity index (χ3n) is 3.30. The lowest BCUT2D eigenvalue weighted by Crippen LogP contribution is -2.34. The van der Waals surface area contributed by atoms with Crippen molar-refractivity contribution in [1.29, 1.82) is 5.26 Å². The lowest BCUT2D eigenvalue weighted by molar-refractivity contribution is 0.0735. The maximum Gasteiger partial charge on any atom is 0.290 e. The van der Waals surface area contributed by atoms with Gasteiger partial charge in [0.25, 0.3) is 5.91 Å². The van der Waals surface area contributed by atoms with Crippen LogP contribution in [0.4, 0.5) is 0 Å². The number of carbonyl (C=O) groups is 1. The fourth-order valence-electron chi connectivity index (χ4n) is 2.37. The highest BCUT2D eigenvalue weighted by molar-refractivity contribution is 5.96. The molecule has 1 fully saturated rings. The number of rotatable bonds is 1. The van der Waals surface area contributed by atoms with Crippen LogP contribution >= 0.6 is 0 Å². The van der Waals surface area contributed by atoms with Gasteiger partial charge < -0.3 is 9.32 Å². The number of carbonyl (C=O) groups excluding carboxylic acids is 1. The average Bonchev–Trinajstić information content (AvgIpc) is 3.03. The highest BCUT2D eigenvalue weighted by Gasteiger charge is 2.30. The van der Waals surface area contributed by atoms with E-state index in [4.69, 9.17) is 9.68 Å². The molecule has 2 aromatic rings. The standard InChI is InChI=1S/C14H12N2O2/c15-9-11-5-3-7-16(11)14(17)13-8-10-4-1-2-6-12(10)18-13/h1-2,4,6,8,11H,3,5,7H2. The van der Waals surface area contributed by atoms with E-state index in [1.165, 1.54) is 0 Å². The van der Waals surface area contributed by atoms with Gasteiger partial charge in [-0.05, 0) is 25.0 Å². The van der Waals surface area contributed by atoms with Crippen molar-refractivity contribution < 1.29 is 9.21 Å². The number of likely N-dealkylation sites (tertiary alicyclic amines) is 1. The molecule has 2 heterocycles. The molecule has 18 heavy (non-hydrogen) atoms. The zero-order valence-electron chi connectivity index (χ0n) is 9.80. The van der Waals surface area contributed by atoms with Gasteiger partial charge in [0.1, 0.15) is 11.6 Å². The summed E-state index contributed by atoms with van der Waals surface area (Å²) in [6.07, 6.45) is 1.63. The number of nitriles is 1. The Hall–Kier alpha value is -2.28. The van der Waals surface area contributed by atoms with Crippen LogP contribution in [0.2, 0.25) is 0 Å². The van der Waals surface area contributed by atoms with Crippen LogP contribution in [0.15, 0.2) is 34.7 Å². The van der Waals surface area contributed by atoms with Crippen molar-refractivity contribution in [1.82, 2.24) is 4.90 Å². The van der Waals surface area contributed by atoms with Crippen LogP contribution in [0, 0.1) is 11.3 Å². The van der Waals surface area contributed by atoms with Gasteiger partial charge in [-0.25, -0.2) is 0 Å². The van der Waals surface area contributed by atoms with Crippen LogP contribution in [0.25, 0.3) is 11.0 Å². The zero-order chi connectivity index (χ0) is 12.5. The Balaban J connectivity index is 1.95. The average molecular weight is 240 g/mol. The monoisotopic (exact) mass is 240 g/mol. The molecule has 0 aliphatic carbocycles. The summed E-state index contributed by atoms with van der Waals surface area (Å²) in [4.78, 5) is 13.9. The molecule has 0 bridgehead atoms. The fraction of sp³-hybridized carbons (Fsp3) is 0.286. The zero-order valence-corrected chi connectivity index (χ0v) is 9.80. The molecule has 1 unspecified atom stereocenters. The van der Waals surface area contributed by atoms with Crippen molar-refractivity contribution in [3.05, 3.63) is 36.1 Å². The van der Waals surface area contributed by atoms with Gasteiger partial charge in [-0.1, -0.05) is 18.2 Å². The first-order valence-electron chi connectivity index (χ1n) is 5.99. The summed E-state index contributed by atoms with van der Waals surface area (Å²) in [5.41, 5.74) is 0.702. The number of hydrogen-bond acceptors (Lipinski definition) is 3. The van der Waals surface area contributed by atoms with Crippen molar-refractivity contribution in [2.24, 2.45) is 0 Å². The van der Waals surface area contributed by atoms with Crippen molar-refractivity contribution >= 4 is 16.9 Å². The lowest BCUT2D eigenvalue weighted by Gasteiger charge is -2.17. The van der Waals surface area contributed by atoms with E-state index < -0.39 is 0 Å². The van der Waals surface area contributed by atoms with Crippen molar-refractivity contribution in [2.75, 3.05) is 6.54 Å². The van der Waals surface area contributed by atoms with Gasteiger partial charge in [0.2, 0.25) is 0 Å². The number of benzene rings is 1. The minimum Gasteiger partial charge on any atom is -0.451 e. The molecule has 0 spiro atoms. The second-order valence-electron chi connectivity index (χ2n) is 4.43. The first-order valence-corrected chi connectivity index (χ1v) is 5.99. The molecule has 1 aliphatic rings. The first-order chi connectivity index (χ1) is 8.79. The molecule has 0 saturated carbocycles. The maximum atomic E-state index is 12.3. The summed E-state index contributed by atoms with van der Waals surface area (Å²) >= 11 is 0. The molecule has 1 saturated heterocycles. The van der Waals surface area contributed by atoms with Gasteiger partial charge in [-0.3, -0.25) is 4.79 Å². The third-order valence-corrected chi connectivity index (χ3v) is 3.30. The van der Waals surface area contributed by atoms with Crippen molar-refractivity contribution in [3.8, 4) is 6.07 Å². The number of hydrogen-bond donors (Lipinski definition) is 0. The van der Waals surface area contributed by atoms with Gasteiger partial charge in [0.05, 0.1) is 6.07 Å². The topological polar surface area (TPSA) is 57.2 Å². The molecular formula is C14H12N2O2. The van der Waals surface area contributed by atoms with Crippen LogP contribution in [0.3, 0.4) is 0 Å². The van der Waals surface area contributed by atoms with Crippen LogP contribution in [0.5, 0.6) is 0 Å². The van der Waals surface area contributed by atoms with E-state index >= 15 is 0 Å². The second kappa shape index (κ2) is 4.19. The van der Waals surface area contributed by atoms with E-state index in [-0.39, 0.29) is 11.9 Å². The summed E-state index contributed by atoms with van der Waals surface area (Å²) in [6, 6.07) is 11.1. The molecule has 1 atom stereocenters. The van der Waals surface area contributed by atoms with Crippen LogP contribution < -0.4 is 0 Å². The Labute approximate surface area is 104 Å². The molecule has 3 rings (SSSR count). The van der Waals surface area contributed by atoms with Gasteiger partial charge in [0.15, 0.2) is 5.76 Å². The summed E-state index contributed by atoms with van der Waals surface area (Å²) in [7, 11) is 0. The smallest absolute Gasteiger partial charge is 0.290 e. The van der Waals surface area contributed by atoms with Crippen LogP contribution in [-0.4, -0.2) is 23.4 Å². The van der Waals surface area contributed by atoms with Gasteiger partial charge in [0, 0.05) is 11.9 Å². The van der Waals surface area contributed by atoms with E-state index in [1.807, 2.05) is 24.3 Å². The Morgan fingerprint density at radius 3 is 3.06 bits per heavy atom. The Kier molecular flexibility index (Phi) is 2.52. The Bertz CT molecular complexity index is 606. The third kappa shape index (κ3) is 1.65. The minimum absolute atomic E-state index is 0.185. The van der Waals surface area contributed by atoms with Crippen LogP contribution in [-0.2, 0) is 0 Å². The van der Waals surface area contributed by atoms with Crippen LogP contribution in [0.1, 0.15) is 23.4 Å². The summed E-state index contributed by atoms with van der Waals surface area (Å²) < 4.78 is 5.53. The molecule has 1 aromatic carbocycles. The van der Waals surface area contributed by atoms with E-state index in [0.29, 0.717) is 17.9 Å². The summed E-state index contributed by atoms with van der Waals surface area (Å²) in [5, 5.41) is 9.91. The SMILES string of the molecule is N#CC1CCCN1C(=O)c1cc2ccccc2o1. The largest absolute Gasteiger partial charge is 0.451 e. The number of nitrogens with zero attached hydrogens (tertiary/aromatic N) is 2. The van der Waals surface area contributed by atoms with E-state index in [0.717, 1.165) is 18.2 Å². The van der Waals surface area contributed by atoms with E-state index in [2.05, 4.69) is 6.07 Å². The number of amides is 1. The molecule has 4 heteroatoms. The van der Waals surface area contributed by atoms with Gasteiger partial charge >= 0.3 is 0 Å². The second-order valence-corrected chi connectivity index (χ2v) is 4.43. The predicted octanol–water partition coefficient (Wildman–Crippen LogP) is 2.56. The highest BCUT2D eigenvalue weighted by Crippen LogP contribution is 2.24. The van der Waals surface area contributed by atoms with Gasteiger partial charge in [-0.15, -0.1) is 0 Å². The molecule has 0 radical (unpaired) electrons. The number of para-hydroxylation sites is 1. The van der Waals surface area contributed by atoms with Gasteiger partial charge in [-0.2, -0.15) is 5.26 Å². The molecular weight excluding hydrogens is 228 g/mol. The molecule has 1 aromatic heterocycles. The number of fused-ring (bicyclic) bond motifs is 1. The van der Waals surface area contributed by atoms with Crippen molar-refractivity contribution in [2.45, 2.75) is 18.9 Å². The van der Waals surface area contributed by atoms with Crippen molar-refractivity contribution in [3.63, 3.8) is 0 Å².